The van der Waals surface area contributed by atoms with E-state index >= 15 is 0 Å². The van der Waals surface area contributed by atoms with Gasteiger partial charge in [-0.25, -0.2) is 4.79 Å². The first kappa shape index (κ1) is 15.3. The van der Waals surface area contributed by atoms with Crippen LogP contribution in [0.15, 0.2) is 0 Å². The Labute approximate surface area is 117 Å². The lowest BCUT2D eigenvalue weighted by Gasteiger charge is -2.10. The van der Waals surface area contributed by atoms with Gasteiger partial charge in [0.15, 0.2) is 11.3 Å². The second-order valence-corrected chi connectivity index (χ2v) is 4.91. The molecule has 4 nitrogen and oxygen atoms in total. The van der Waals surface area contributed by atoms with Crippen LogP contribution in [0.25, 0.3) is 0 Å². The summed E-state index contributed by atoms with van der Waals surface area (Å²) in [5, 5.41) is 4.51. The van der Waals surface area contributed by atoms with Gasteiger partial charge in [0.2, 0.25) is 0 Å². The molecule has 6 heteroatoms. The van der Waals surface area contributed by atoms with Gasteiger partial charge in [-0.15, -0.1) is 0 Å². The highest BCUT2D eigenvalue weighted by Gasteiger charge is 2.23. The fourth-order valence-corrected chi connectivity index (χ4v) is 2.20. The zero-order valence-corrected chi connectivity index (χ0v) is 12.4. The van der Waals surface area contributed by atoms with E-state index < -0.39 is 11.5 Å². The monoisotopic (exact) mass is 292 g/mol. The summed E-state index contributed by atoms with van der Waals surface area (Å²) in [5.74, 6) is -0.522. The van der Waals surface area contributed by atoms with Crippen LogP contribution in [0.4, 0.5) is 0 Å². The van der Waals surface area contributed by atoms with Crippen molar-refractivity contribution in [3.63, 3.8) is 0 Å². The summed E-state index contributed by atoms with van der Waals surface area (Å²) < 4.78 is 6.58. The molecule has 1 aromatic rings. The third-order valence-corrected chi connectivity index (χ3v) is 3.31. The highest BCUT2D eigenvalue weighted by molar-refractivity contribution is 6.34. The summed E-state index contributed by atoms with van der Waals surface area (Å²) in [6.45, 7) is 3.98. The second kappa shape index (κ2) is 7.00. The molecule has 0 aliphatic rings. The second-order valence-electron chi connectivity index (χ2n) is 4.04. The first-order valence-electron chi connectivity index (χ1n) is 6.07. The number of rotatable bonds is 6. The Morgan fingerprint density at radius 2 is 2.17 bits per heavy atom. The molecule has 0 radical (unpaired) electrons. The van der Waals surface area contributed by atoms with E-state index in [0.29, 0.717) is 23.6 Å². The van der Waals surface area contributed by atoms with Crippen molar-refractivity contribution in [2.75, 3.05) is 0 Å². The number of carbonyl (C=O) groups is 1. The molecule has 1 rings (SSSR count). The van der Waals surface area contributed by atoms with Gasteiger partial charge in [0.25, 0.3) is 0 Å². The number of aromatic nitrogens is 2. The predicted octanol–water partition coefficient (Wildman–Crippen LogP) is 3.55. The molecular formula is C12H18Cl2N2O2. The molecule has 0 amide bonds. The number of carbonyl (C=O) groups excluding carboxylic acids is 1. The summed E-state index contributed by atoms with van der Waals surface area (Å²) in [5.41, 5.74) is 0.329. The molecule has 0 fully saturated rings. The number of esters is 1. The average molecular weight is 293 g/mol. The number of alkyl halides is 1. The van der Waals surface area contributed by atoms with Crippen molar-refractivity contribution >= 4 is 29.2 Å². The van der Waals surface area contributed by atoms with Crippen molar-refractivity contribution in [3.05, 3.63) is 16.4 Å². The van der Waals surface area contributed by atoms with Crippen LogP contribution >= 0.6 is 23.2 Å². The fourth-order valence-electron chi connectivity index (χ4n) is 1.60. The van der Waals surface area contributed by atoms with Gasteiger partial charge in [-0.2, -0.15) is 5.10 Å². The third kappa shape index (κ3) is 3.62. The fraction of sp³-hybridized carbons (Fsp3) is 0.667. The number of halogens is 2. The first-order valence-corrected chi connectivity index (χ1v) is 6.89. The lowest BCUT2D eigenvalue weighted by Crippen LogP contribution is -2.16. The summed E-state index contributed by atoms with van der Waals surface area (Å²) in [6, 6.07) is 0. The number of nitrogens with zero attached hydrogens (tertiary/aromatic N) is 2. The predicted molar refractivity (Wildman–Crippen MR) is 72.2 cm³/mol. The molecule has 1 unspecified atom stereocenters. The highest BCUT2D eigenvalue weighted by Crippen LogP contribution is 2.23. The van der Waals surface area contributed by atoms with Gasteiger partial charge in [0.1, 0.15) is 0 Å². The number of unbranched alkanes of at least 4 members (excludes halogenated alkanes) is 1. The average Bonchev–Trinajstić information content (AvgIpc) is 2.61. The van der Waals surface area contributed by atoms with Gasteiger partial charge >= 0.3 is 5.97 Å². The van der Waals surface area contributed by atoms with E-state index in [2.05, 4.69) is 12.0 Å². The van der Waals surface area contributed by atoms with Crippen molar-refractivity contribution in [3.8, 4) is 0 Å². The van der Waals surface area contributed by atoms with Crippen molar-refractivity contribution in [1.29, 1.82) is 0 Å². The SMILES string of the molecule is CCCCC(Cl)OC(=O)c1c(Cl)c(CC)nn1C. The minimum atomic E-state index is -0.617. The Morgan fingerprint density at radius 3 is 2.67 bits per heavy atom. The lowest BCUT2D eigenvalue weighted by atomic mass is 10.2. The van der Waals surface area contributed by atoms with Gasteiger partial charge in [0.05, 0.1) is 10.7 Å². The van der Waals surface area contributed by atoms with Gasteiger partial charge in [-0.3, -0.25) is 4.68 Å². The quantitative estimate of drug-likeness (QED) is 0.595. The zero-order chi connectivity index (χ0) is 13.7. The molecule has 18 heavy (non-hydrogen) atoms. The summed E-state index contributed by atoms with van der Waals surface area (Å²) in [6.07, 6.45) is 3.23. The summed E-state index contributed by atoms with van der Waals surface area (Å²) in [4.78, 5) is 11.9. The Morgan fingerprint density at radius 1 is 1.50 bits per heavy atom. The minimum absolute atomic E-state index is 0.260. The van der Waals surface area contributed by atoms with Crippen LogP contribution in [0, 0.1) is 0 Å². The van der Waals surface area contributed by atoms with E-state index in [0.717, 1.165) is 12.8 Å². The topological polar surface area (TPSA) is 44.1 Å². The van der Waals surface area contributed by atoms with Crippen LogP contribution in [0.2, 0.25) is 5.02 Å². The molecule has 0 saturated carbocycles. The first-order chi connectivity index (χ1) is 8.51. The van der Waals surface area contributed by atoms with Crippen molar-refractivity contribution in [2.45, 2.75) is 45.1 Å². The van der Waals surface area contributed by atoms with Crippen LogP contribution in [0.5, 0.6) is 0 Å². The molecule has 0 N–H and O–H groups in total. The smallest absolute Gasteiger partial charge is 0.359 e. The van der Waals surface area contributed by atoms with E-state index in [-0.39, 0.29) is 5.69 Å². The van der Waals surface area contributed by atoms with Crippen LogP contribution in [-0.4, -0.2) is 21.3 Å². The molecule has 0 aromatic carbocycles. The van der Waals surface area contributed by atoms with Crippen LogP contribution < -0.4 is 0 Å². The standard InChI is InChI=1S/C12H18Cl2N2O2/c1-4-6-7-9(13)18-12(17)11-10(14)8(5-2)15-16(11)3/h9H,4-7H2,1-3H3. The van der Waals surface area contributed by atoms with Gasteiger partial charge in [-0.05, 0) is 19.3 Å². The Kier molecular flexibility index (Phi) is 5.96. The highest BCUT2D eigenvalue weighted by atomic mass is 35.5. The van der Waals surface area contributed by atoms with Crippen molar-refractivity contribution in [2.24, 2.45) is 7.05 Å². The lowest BCUT2D eigenvalue weighted by molar-refractivity contribution is 0.0421. The van der Waals surface area contributed by atoms with Gasteiger partial charge < -0.3 is 4.74 Å². The van der Waals surface area contributed by atoms with E-state index in [1.807, 2.05) is 6.92 Å². The van der Waals surface area contributed by atoms with Crippen molar-refractivity contribution < 1.29 is 9.53 Å². The minimum Gasteiger partial charge on any atom is -0.441 e. The van der Waals surface area contributed by atoms with Gasteiger partial charge in [-0.1, -0.05) is 43.5 Å². The number of aryl methyl sites for hydroxylation is 2. The Hall–Kier alpha value is -0.740. The van der Waals surface area contributed by atoms with E-state index in [1.54, 1.807) is 7.05 Å². The molecule has 0 spiro atoms. The maximum absolute atomic E-state index is 11.9. The van der Waals surface area contributed by atoms with E-state index in [9.17, 15) is 4.79 Å². The molecule has 0 saturated heterocycles. The maximum Gasteiger partial charge on any atom is 0.359 e. The number of ether oxygens (including phenoxy) is 1. The number of hydrogen-bond donors (Lipinski definition) is 0. The van der Waals surface area contributed by atoms with Crippen LogP contribution in [0.1, 0.15) is 49.3 Å². The van der Waals surface area contributed by atoms with Crippen LogP contribution in [0.3, 0.4) is 0 Å². The van der Waals surface area contributed by atoms with E-state index in [1.165, 1.54) is 4.68 Å². The maximum atomic E-state index is 11.9. The molecule has 1 aromatic heterocycles. The summed E-state index contributed by atoms with van der Waals surface area (Å²) in [7, 11) is 1.66. The van der Waals surface area contributed by atoms with Crippen molar-refractivity contribution in [1.82, 2.24) is 9.78 Å². The number of hydrogen-bond acceptors (Lipinski definition) is 3. The van der Waals surface area contributed by atoms with E-state index in [4.69, 9.17) is 27.9 Å². The van der Waals surface area contributed by atoms with Gasteiger partial charge in [0, 0.05) is 7.05 Å². The molecule has 1 atom stereocenters. The summed E-state index contributed by atoms with van der Waals surface area (Å²) >= 11 is 12.0. The molecule has 1 heterocycles. The Bertz CT molecular complexity index is 418. The third-order valence-electron chi connectivity index (χ3n) is 2.60. The molecule has 102 valence electrons. The Balaban J connectivity index is 2.75. The molecular weight excluding hydrogens is 275 g/mol. The molecule has 0 aliphatic carbocycles. The largest absolute Gasteiger partial charge is 0.441 e. The molecule has 0 bridgehead atoms. The normalized spacial score (nSPS) is 12.5. The molecule has 0 aliphatic heterocycles. The van der Waals surface area contributed by atoms with Crippen LogP contribution in [-0.2, 0) is 18.2 Å². The zero-order valence-electron chi connectivity index (χ0n) is 10.9.